The Morgan fingerprint density at radius 2 is 2.19 bits per heavy atom. The second kappa shape index (κ2) is 6.53. The maximum absolute atomic E-state index is 12.1. The van der Waals surface area contributed by atoms with Gasteiger partial charge in [0.05, 0.1) is 4.92 Å². The Bertz CT molecular complexity index is 591. The van der Waals surface area contributed by atoms with E-state index in [-0.39, 0.29) is 22.2 Å². The molecule has 1 fully saturated rings. The third-order valence-corrected chi connectivity index (χ3v) is 3.57. The average molecular weight is 312 g/mol. The zero-order valence-corrected chi connectivity index (χ0v) is 11.9. The summed E-state index contributed by atoms with van der Waals surface area (Å²) in [5.41, 5.74) is -0.238. The highest BCUT2D eigenvalue weighted by molar-refractivity contribution is 6.32. The van der Waals surface area contributed by atoms with E-state index in [4.69, 9.17) is 11.6 Å². The van der Waals surface area contributed by atoms with E-state index in [1.807, 2.05) is 0 Å². The van der Waals surface area contributed by atoms with Crippen molar-refractivity contribution in [2.24, 2.45) is 0 Å². The van der Waals surface area contributed by atoms with Crippen LogP contribution in [-0.2, 0) is 4.79 Å². The maximum Gasteiger partial charge on any atom is 0.288 e. The molecule has 21 heavy (non-hydrogen) atoms. The molecule has 1 unspecified atom stereocenters. The highest BCUT2D eigenvalue weighted by atomic mass is 35.5. The predicted octanol–water partition coefficient (Wildman–Crippen LogP) is 1.65. The molecule has 0 bridgehead atoms. The summed E-state index contributed by atoms with van der Waals surface area (Å²) in [6.07, 6.45) is 2.24. The Hall–Kier alpha value is -2.15. The molecule has 2 N–H and O–H groups in total. The molecule has 1 aromatic rings. The lowest BCUT2D eigenvalue weighted by Gasteiger charge is -2.15. The van der Waals surface area contributed by atoms with Crippen LogP contribution in [0, 0.1) is 10.1 Å². The summed E-state index contributed by atoms with van der Waals surface area (Å²) in [6.45, 7) is 0.595. The van der Waals surface area contributed by atoms with Crippen LogP contribution in [0.1, 0.15) is 29.6 Å². The number of nitrogens with zero attached hydrogens (tertiary/aromatic N) is 1. The Morgan fingerprint density at radius 1 is 1.43 bits per heavy atom. The molecule has 1 aromatic carbocycles. The van der Waals surface area contributed by atoms with Crippen molar-refractivity contribution >= 4 is 29.1 Å². The second-order valence-electron chi connectivity index (χ2n) is 4.74. The quantitative estimate of drug-likeness (QED) is 0.654. The summed E-state index contributed by atoms with van der Waals surface area (Å²) in [7, 11) is 0. The molecule has 0 aliphatic carbocycles. The first-order valence-electron chi connectivity index (χ1n) is 6.51. The van der Waals surface area contributed by atoms with Crippen molar-refractivity contribution in [1.29, 1.82) is 0 Å². The summed E-state index contributed by atoms with van der Waals surface area (Å²) >= 11 is 5.70. The van der Waals surface area contributed by atoms with E-state index in [1.165, 1.54) is 12.1 Å². The smallest absolute Gasteiger partial charge is 0.288 e. The third-order valence-electron chi connectivity index (χ3n) is 3.25. The number of nitrogens with one attached hydrogen (secondary N) is 2. The lowest BCUT2D eigenvalue weighted by atomic mass is 10.1. The number of hydrogen-bond donors (Lipinski definition) is 2. The number of amides is 2. The van der Waals surface area contributed by atoms with Crippen LogP contribution in [0.25, 0.3) is 0 Å². The van der Waals surface area contributed by atoms with Crippen molar-refractivity contribution in [1.82, 2.24) is 10.6 Å². The molecule has 1 saturated heterocycles. The molecule has 1 heterocycles. The van der Waals surface area contributed by atoms with E-state index >= 15 is 0 Å². The van der Waals surface area contributed by atoms with Crippen LogP contribution in [0.4, 0.5) is 5.69 Å². The molecule has 112 valence electrons. The summed E-state index contributed by atoms with van der Waals surface area (Å²) in [6, 6.07) is 3.17. The zero-order valence-electron chi connectivity index (χ0n) is 11.1. The van der Waals surface area contributed by atoms with Crippen LogP contribution in [0.15, 0.2) is 18.2 Å². The van der Waals surface area contributed by atoms with Crippen LogP contribution in [0.2, 0.25) is 5.02 Å². The lowest BCUT2D eigenvalue weighted by molar-refractivity contribution is -0.384. The van der Waals surface area contributed by atoms with Gasteiger partial charge in [-0.1, -0.05) is 11.6 Å². The van der Waals surface area contributed by atoms with Crippen LogP contribution >= 0.6 is 11.6 Å². The molecular formula is C13H14ClN3O4. The standard InChI is InChI=1S/C13H14ClN3O4/c14-9-5-4-8(7-11(9)17(20)21)12(18)16-10-3-1-2-6-15-13(10)19/h4-5,7,10H,1-3,6H2,(H,15,19)(H,16,18). The van der Waals surface area contributed by atoms with E-state index in [1.54, 1.807) is 0 Å². The van der Waals surface area contributed by atoms with Gasteiger partial charge in [-0.05, 0) is 31.4 Å². The number of carbonyl (C=O) groups is 2. The van der Waals surface area contributed by atoms with Gasteiger partial charge in [0.2, 0.25) is 5.91 Å². The van der Waals surface area contributed by atoms with Crippen molar-refractivity contribution in [3.8, 4) is 0 Å². The van der Waals surface area contributed by atoms with Gasteiger partial charge in [-0.15, -0.1) is 0 Å². The molecule has 2 rings (SSSR count). The van der Waals surface area contributed by atoms with E-state index in [0.29, 0.717) is 13.0 Å². The largest absolute Gasteiger partial charge is 0.354 e. The highest BCUT2D eigenvalue weighted by Gasteiger charge is 2.24. The van der Waals surface area contributed by atoms with Gasteiger partial charge in [0.25, 0.3) is 11.6 Å². The number of hydrogen-bond acceptors (Lipinski definition) is 4. The number of benzene rings is 1. The minimum atomic E-state index is -0.655. The maximum atomic E-state index is 12.1. The van der Waals surface area contributed by atoms with Gasteiger partial charge in [-0.25, -0.2) is 0 Å². The van der Waals surface area contributed by atoms with Gasteiger partial charge in [-0.3, -0.25) is 19.7 Å². The molecule has 7 nitrogen and oxygen atoms in total. The minimum absolute atomic E-state index is 0.0382. The first kappa shape index (κ1) is 15.2. The Labute approximate surface area is 125 Å². The van der Waals surface area contributed by atoms with Crippen molar-refractivity contribution in [3.63, 3.8) is 0 Å². The average Bonchev–Trinajstić information content (AvgIpc) is 2.64. The second-order valence-corrected chi connectivity index (χ2v) is 5.14. The Morgan fingerprint density at radius 3 is 2.90 bits per heavy atom. The summed E-state index contributed by atoms with van der Waals surface area (Å²) in [5.74, 6) is -0.763. The van der Waals surface area contributed by atoms with Crippen LogP contribution < -0.4 is 10.6 Å². The van der Waals surface area contributed by atoms with Gasteiger partial charge in [0.1, 0.15) is 11.1 Å². The number of halogens is 1. The van der Waals surface area contributed by atoms with Crippen LogP contribution in [-0.4, -0.2) is 29.3 Å². The van der Waals surface area contributed by atoms with Crippen molar-refractivity contribution in [2.75, 3.05) is 6.54 Å². The number of nitro groups is 1. The molecule has 1 atom stereocenters. The summed E-state index contributed by atoms with van der Waals surface area (Å²) in [5, 5.41) is 16.1. The molecule has 0 saturated carbocycles. The SMILES string of the molecule is O=C(NC1CCCCNC1=O)c1ccc(Cl)c([N+](=O)[O-])c1. The number of carbonyl (C=O) groups excluding carboxylic acids is 2. The van der Waals surface area contributed by atoms with Gasteiger partial charge in [0, 0.05) is 18.2 Å². The van der Waals surface area contributed by atoms with E-state index in [9.17, 15) is 19.7 Å². The number of nitro benzene ring substituents is 1. The van der Waals surface area contributed by atoms with Gasteiger partial charge < -0.3 is 10.6 Å². The van der Waals surface area contributed by atoms with Crippen molar-refractivity contribution in [2.45, 2.75) is 25.3 Å². The lowest BCUT2D eigenvalue weighted by Crippen LogP contribution is -2.45. The fraction of sp³-hybridized carbons (Fsp3) is 0.385. The first-order valence-corrected chi connectivity index (χ1v) is 6.89. The van der Waals surface area contributed by atoms with Gasteiger partial charge in [-0.2, -0.15) is 0 Å². The molecule has 0 aromatic heterocycles. The van der Waals surface area contributed by atoms with Gasteiger partial charge >= 0.3 is 0 Å². The molecule has 8 heteroatoms. The molecular weight excluding hydrogens is 298 g/mol. The van der Waals surface area contributed by atoms with E-state index < -0.39 is 16.9 Å². The van der Waals surface area contributed by atoms with Crippen molar-refractivity contribution < 1.29 is 14.5 Å². The van der Waals surface area contributed by atoms with Gasteiger partial charge in [0.15, 0.2) is 0 Å². The Kier molecular flexibility index (Phi) is 4.74. The molecule has 1 aliphatic rings. The topological polar surface area (TPSA) is 101 Å². The normalized spacial score (nSPS) is 18.5. The van der Waals surface area contributed by atoms with Crippen LogP contribution in [0.5, 0.6) is 0 Å². The van der Waals surface area contributed by atoms with E-state index in [2.05, 4.69) is 10.6 Å². The fourth-order valence-corrected chi connectivity index (χ4v) is 2.30. The van der Waals surface area contributed by atoms with Crippen LogP contribution in [0.3, 0.4) is 0 Å². The summed E-state index contributed by atoms with van der Waals surface area (Å²) < 4.78 is 0. The first-order chi connectivity index (χ1) is 9.99. The Balaban J connectivity index is 2.14. The molecule has 0 radical (unpaired) electrons. The molecule has 0 spiro atoms. The van der Waals surface area contributed by atoms with E-state index in [0.717, 1.165) is 18.9 Å². The third kappa shape index (κ3) is 3.69. The highest BCUT2D eigenvalue weighted by Crippen LogP contribution is 2.25. The molecule has 2 amide bonds. The monoisotopic (exact) mass is 311 g/mol. The summed E-state index contributed by atoms with van der Waals surface area (Å²) in [4.78, 5) is 34.0. The molecule has 1 aliphatic heterocycles. The number of rotatable bonds is 3. The zero-order chi connectivity index (χ0) is 15.4. The minimum Gasteiger partial charge on any atom is -0.354 e. The predicted molar refractivity (Wildman–Crippen MR) is 76.2 cm³/mol. The van der Waals surface area contributed by atoms with Crippen molar-refractivity contribution in [3.05, 3.63) is 38.9 Å². The fourth-order valence-electron chi connectivity index (χ4n) is 2.11.